The average Bonchev–Trinajstić information content (AvgIpc) is 2.77. The molecule has 1 heterocycles. The summed E-state index contributed by atoms with van der Waals surface area (Å²) in [6.45, 7) is 0.443. The number of rotatable bonds is 2. The van der Waals surface area contributed by atoms with Gasteiger partial charge in [0.1, 0.15) is 12.4 Å². The molecule has 0 aliphatic rings. The second-order valence-electron chi connectivity index (χ2n) is 3.15. The van der Waals surface area contributed by atoms with E-state index in [1.807, 2.05) is 24.3 Å². The van der Waals surface area contributed by atoms with Gasteiger partial charge in [-0.3, -0.25) is 0 Å². The maximum atomic E-state index is 8.90. The van der Waals surface area contributed by atoms with Crippen molar-refractivity contribution in [1.82, 2.24) is 14.8 Å². The van der Waals surface area contributed by atoms with Gasteiger partial charge in [-0.05, 0) is 11.6 Å². The van der Waals surface area contributed by atoms with Crippen LogP contribution in [0.25, 0.3) is 0 Å². The summed E-state index contributed by atoms with van der Waals surface area (Å²) >= 11 is 0. The third-order valence-corrected chi connectivity index (χ3v) is 2.11. The fourth-order valence-corrected chi connectivity index (χ4v) is 1.36. The SMILES string of the molecule is N#Cc1ncn(Cc2ccccc2C#N)n1. The molecule has 0 fully saturated rings. The van der Waals surface area contributed by atoms with Crippen molar-refractivity contribution in [2.24, 2.45) is 0 Å². The molecule has 0 saturated heterocycles. The van der Waals surface area contributed by atoms with Gasteiger partial charge in [0.15, 0.2) is 0 Å². The van der Waals surface area contributed by atoms with E-state index >= 15 is 0 Å². The molecule has 0 saturated carbocycles. The van der Waals surface area contributed by atoms with Crippen LogP contribution in [-0.4, -0.2) is 14.8 Å². The molecule has 5 heteroatoms. The smallest absolute Gasteiger partial charge is 0.247 e. The monoisotopic (exact) mass is 209 g/mol. The second-order valence-corrected chi connectivity index (χ2v) is 3.15. The number of benzene rings is 1. The molecule has 76 valence electrons. The molecule has 0 bridgehead atoms. The maximum absolute atomic E-state index is 8.90. The van der Waals surface area contributed by atoms with Gasteiger partial charge in [0.05, 0.1) is 18.2 Å². The van der Waals surface area contributed by atoms with Crippen molar-refractivity contribution in [2.75, 3.05) is 0 Å². The average molecular weight is 209 g/mol. The lowest BCUT2D eigenvalue weighted by atomic mass is 10.1. The van der Waals surface area contributed by atoms with E-state index in [0.29, 0.717) is 12.1 Å². The van der Waals surface area contributed by atoms with E-state index < -0.39 is 0 Å². The topological polar surface area (TPSA) is 78.3 Å². The van der Waals surface area contributed by atoms with Crippen molar-refractivity contribution in [3.8, 4) is 12.1 Å². The molecule has 0 atom stereocenters. The predicted molar refractivity (Wildman–Crippen MR) is 55.0 cm³/mol. The van der Waals surface area contributed by atoms with Crippen LogP contribution >= 0.6 is 0 Å². The zero-order chi connectivity index (χ0) is 11.4. The first-order valence-electron chi connectivity index (χ1n) is 4.61. The van der Waals surface area contributed by atoms with Crippen LogP contribution < -0.4 is 0 Å². The van der Waals surface area contributed by atoms with Crippen LogP contribution in [0.4, 0.5) is 0 Å². The van der Waals surface area contributed by atoms with Crippen molar-refractivity contribution in [2.45, 2.75) is 6.54 Å². The molecule has 1 aromatic heterocycles. The van der Waals surface area contributed by atoms with Gasteiger partial charge in [0.2, 0.25) is 0 Å². The molecule has 5 nitrogen and oxygen atoms in total. The minimum Gasteiger partial charge on any atom is -0.247 e. The molecule has 0 aliphatic heterocycles. The zero-order valence-electron chi connectivity index (χ0n) is 8.33. The van der Waals surface area contributed by atoms with Gasteiger partial charge in [-0.25, -0.2) is 9.67 Å². The predicted octanol–water partition coefficient (Wildman–Crippen LogP) is 1.07. The van der Waals surface area contributed by atoms with Gasteiger partial charge in [-0.1, -0.05) is 18.2 Å². The summed E-state index contributed by atoms with van der Waals surface area (Å²) in [5, 5.41) is 21.4. The molecule has 0 unspecified atom stereocenters. The van der Waals surface area contributed by atoms with Crippen LogP contribution in [0.5, 0.6) is 0 Å². The molecule has 0 spiro atoms. The van der Waals surface area contributed by atoms with E-state index in [1.54, 1.807) is 6.07 Å². The number of nitriles is 2. The minimum absolute atomic E-state index is 0.134. The molecule has 0 radical (unpaired) electrons. The van der Waals surface area contributed by atoms with E-state index in [-0.39, 0.29) is 5.82 Å². The Kier molecular flexibility index (Phi) is 2.62. The van der Waals surface area contributed by atoms with Gasteiger partial charge in [-0.2, -0.15) is 10.5 Å². The lowest BCUT2D eigenvalue weighted by molar-refractivity contribution is 0.681. The highest BCUT2D eigenvalue weighted by atomic mass is 15.3. The van der Waals surface area contributed by atoms with Crippen LogP contribution in [0.15, 0.2) is 30.6 Å². The Morgan fingerprint density at radius 1 is 1.19 bits per heavy atom. The van der Waals surface area contributed by atoms with E-state index in [2.05, 4.69) is 16.2 Å². The van der Waals surface area contributed by atoms with E-state index in [4.69, 9.17) is 10.5 Å². The number of aromatic nitrogens is 3. The van der Waals surface area contributed by atoms with Gasteiger partial charge < -0.3 is 0 Å². The summed E-state index contributed by atoms with van der Waals surface area (Å²) in [6, 6.07) is 11.2. The lowest BCUT2D eigenvalue weighted by Crippen LogP contribution is -2.02. The highest BCUT2D eigenvalue weighted by Gasteiger charge is 2.03. The van der Waals surface area contributed by atoms with Crippen LogP contribution in [0.2, 0.25) is 0 Å². The van der Waals surface area contributed by atoms with Crippen molar-refractivity contribution in [3.05, 3.63) is 47.5 Å². The molecule has 16 heavy (non-hydrogen) atoms. The van der Waals surface area contributed by atoms with Crippen molar-refractivity contribution in [3.63, 3.8) is 0 Å². The Balaban J connectivity index is 2.28. The fourth-order valence-electron chi connectivity index (χ4n) is 1.36. The quantitative estimate of drug-likeness (QED) is 0.741. The van der Waals surface area contributed by atoms with Crippen molar-refractivity contribution in [1.29, 1.82) is 10.5 Å². The third-order valence-electron chi connectivity index (χ3n) is 2.11. The molecule has 0 aliphatic carbocycles. The molecule has 0 N–H and O–H groups in total. The van der Waals surface area contributed by atoms with E-state index in [1.165, 1.54) is 11.0 Å². The molecular weight excluding hydrogens is 202 g/mol. The summed E-state index contributed by atoms with van der Waals surface area (Å²) in [7, 11) is 0. The highest BCUT2D eigenvalue weighted by Crippen LogP contribution is 2.08. The molecule has 2 rings (SSSR count). The molecule has 2 aromatic rings. The Labute approximate surface area is 92.2 Å². The number of hydrogen-bond acceptors (Lipinski definition) is 4. The zero-order valence-corrected chi connectivity index (χ0v) is 8.33. The Morgan fingerprint density at radius 2 is 2.00 bits per heavy atom. The first kappa shape index (κ1) is 9.88. The summed E-state index contributed by atoms with van der Waals surface area (Å²) in [6.07, 6.45) is 1.48. The molecule has 1 aromatic carbocycles. The first-order chi connectivity index (χ1) is 7.83. The standard InChI is InChI=1S/C11H7N5/c12-5-9-3-1-2-4-10(9)7-16-8-14-11(6-13)15-16/h1-4,8H,7H2. The highest BCUT2D eigenvalue weighted by molar-refractivity contribution is 5.37. The van der Waals surface area contributed by atoms with Gasteiger partial charge in [-0.15, -0.1) is 5.10 Å². The van der Waals surface area contributed by atoms with Gasteiger partial charge in [0, 0.05) is 0 Å². The Hall–Kier alpha value is -2.66. The third kappa shape index (κ3) is 1.89. The number of hydrogen-bond donors (Lipinski definition) is 0. The second kappa shape index (κ2) is 4.24. The Bertz CT molecular complexity index is 585. The lowest BCUT2D eigenvalue weighted by Gasteiger charge is -2.02. The molecular formula is C11H7N5. The summed E-state index contributed by atoms with van der Waals surface area (Å²) < 4.78 is 1.54. The largest absolute Gasteiger partial charge is 0.252 e. The van der Waals surface area contributed by atoms with E-state index in [9.17, 15) is 0 Å². The number of nitrogens with zero attached hydrogens (tertiary/aromatic N) is 5. The maximum Gasteiger partial charge on any atom is 0.252 e. The van der Waals surface area contributed by atoms with E-state index in [0.717, 1.165) is 5.56 Å². The van der Waals surface area contributed by atoms with Crippen LogP contribution in [0.1, 0.15) is 17.0 Å². The van der Waals surface area contributed by atoms with Gasteiger partial charge in [0.25, 0.3) is 5.82 Å². The first-order valence-corrected chi connectivity index (χ1v) is 4.61. The van der Waals surface area contributed by atoms with Crippen LogP contribution in [0, 0.1) is 22.7 Å². The minimum atomic E-state index is 0.134. The van der Waals surface area contributed by atoms with Crippen LogP contribution in [-0.2, 0) is 6.54 Å². The Morgan fingerprint density at radius 3 is 2.69 bits per heavy atom. The van der Waals surface area contributed by atoms with Crippen LogP contribution in [0.3, 0.4) is 0 Å². The van der Waals surface area contributed by atoms with Crippen molar-refractivity contribution >= 4 is 0 Å². The van der Waals surface area contributed by atoms with Gasteiger partial charge >= 0.3 is 0 Å². The fraction of sp³-hybridized carbons (Fsp3) is 0.0909. The normalized spacial score (nSPS) is 9.38. The summed E-state index contributed by atoms with van der Waals surface area (Å²) in [5.41, 5.74) is 1.47. The van der Waals surface area contributed by atoms with Crippen molar-refractivity contribution < 1.29 is 0 Å². The molecule has 0 amide bonds. The summed E-state index contributed by atoms with van der Waals surface area (Å²) in [4.78, 5) is 3.79. The summed E-state index contributed by atoms with van der Waals surface area (Å²) in [5.74, 6) is 0.134.